The Kier molecular flexibility index (Phi) is 3.97. The smallest absolute Gasteiger partial charge is 0.264 e. The van der Waals surface area contributed by atoms with Gasteiger partial charge in [-0.3, -0.25) is 4.72 Å². The molecule has 10 heteroatoms. The number of hydrogen-bond donors (Lipinski definition) is 2. The van der Waals surface area contributed by atoms with Gasteiger partial charge in [-0.05, 0) is 19.1 Å². The highest BCUT2D eigenvalue weighted by atomic mass is 32.2. The molecule has 3 N–H and O–H groups in total. The predicted molar refractivity (Wildman–Crippen MR) is 77.7 cm³/mol. The third-order valence-corrected chi connectivity index (χ3v) is 4.73. The van der Waals surface area contributed by atoms with E-state index in [0.717, 1.165) is 17.4 Å². The van der Waals surface area contributed by atoms with E-state index in [1.165, 1.54) is 12.1 Å². The van der Waals surface area contributed by atoms with Crippen LogP contribution in [0.5, 0.6) is 0 Å². The first-order valence-corrected chi connectivity index (χ1v) is 7.93. The number of halogens is 1. The minimum atomic E-state index is -4.05. The molecule has 0 aliphatic rings. The summed E-state index contributed by atoms with van der Waals surface area (Å²) < 4.78 is 40.4. The highest BCUT2D eigenvalue weighted by molar-refractivity contribution is 7.93. The van der Waals surface area contributed by atoms with Crippen LogP contribution in [0.3, 0.4) is 0 Å². The van der Waals surface area contributed by atoms with Gasteiger partial charge in [-0.25, -0.2) is 12.8 Å². The Labute approximate surface area is 123 Å². The van der Waals surface area contributed by atoms with Crippen molar-refractivity contribution in [1.29, 1.82) is 0 Å². The molecule has 1 aromatic carbocycles. The van der Waals surface area contributed by atoms with Gasteiger partial charge in [0.1, 0.15) is 20.7 Å². The van der Waals surface area contributed by atoms with Gasteiger partial charge in [0.15, 0.2) is 0 Å². The molecule has 6 nitrogen and oxygen atoms in total. The number of aromatic nitrogens is 2. The van der Waals surface area contributed by atoms with E-state index in [1.54, 1.807) is 6.92 Å². The summed E-state index contributed by atoms with van der Waals surface area (Å²) in [4.78, 5) is -0.672. The molecule has 2 rings (SSSR count). The van der Waals surface area contributed by atoms with Gasteiger partial charge >= 0.3 is 0 Å². The molecule has 0 atom stereocenters. The molecule has 1 heterocycles. The second-order valence-corrected chi connectivity index (χ2v) is 6.98. The maximum Gasteiger partial charge on any atom is 0.264 e. The number of anilines is 1. The monoisotopic (exact) mass is 332 g/mol. The average molecular weight is 332 g/mol. The SMILES string of the molecule is Cc1nnc(NS(=O)(=O)c2cccc(F)c2C(N)=S)s1. The van der Waals surface area contributed by atoms with Crippen molar-refractivity contribution in [2.24, 2.45) is 5.73 Å². The number of nitrogens with one attached hydrogen (secondary N) is 1. The standard InChI is InChI=1S/C10H9FN4O2S3/c1-5-13-14-10(19-5)15-20(16,17)7-4-2-3-6(11)8(7)9(12)18/h2-4H,1H3,(H2,12,18)(H,14,15). The lowest BCUT2D eigenvalue weighted by Gasteiger charge is -2.10. The average Bonchev–Trinajstić information content (AvgIpc) is 2.73. The van der Waals surface area contributed by atoms with Gasteiger partial charge in [-0.15, -0.1) is 10.2 Å². The molecular weight excluding hydrogens is 323 g/mol. The number of benzene rings is 1. The van der Waals surface area contributed by atoms with Gasteiger partial charge < -0.3 is 5.73 Å². The lowest BCUT2D eigenvalue weighted by molar-refractivity contribution is 0.594. The zero-order valence-corrected chi connectivity index (χ0v) is 12.6. The fourth-order valence-corrected chi connectivity index (χ4v) is 3.80. The van der Waals surface area contributed by atoms with E-state index in [1.807, 2.05) is 0 Å². The molecule has 2 aromatic rings. The zero-order chi connectivity index (χ0) is 14.9. The largest absolute Gasteiger partial charge is 0.389 e. The van der Waals surface area contributed by atoms with Crippen LogP contribution in [0.1, 0.15) is 10.6 Å². The number of nitrogens with two attached hydrogens (primary N) is 1. The minimum absolute atomic E-state index is 0.0839. The van der Waals surface area contributed by atoms with E-state index in [2.05, 4.69) is 14.9 Å². The Morgan fingerprint density at radius 3 is 2.70 bits per heavy atom. The van der Waals surface area contributed by atoms with Gasteiger partial charge in [0.05, 0.1) is 5.56 Å². The number of aryl methyl sites for hydroxylation is 1. The Bertz CT molecular complexity index is 773. The van der Waals surface area contributed by atoms with Gasteiger partial charge in [0.25, 0.3) is 10.0 Å². The Morgan fingerprint density at radius 1 is 1.45 bits per heavy atom. The van der Waals surface area contributed by atoms with Crippen molar-refractivity contribution in [3.63, 3.8) is 0 Å². The Balaban J connectivity index is 2.50. The molecule has 0 amide bonds. The number of thiocarbonyl (C=S) groups is 1. The highest BCUT2D eigenvalue weighted by Crippen LogP contribution is 2.23. The summed E-state index contributed by atoms with van der Waals surface area (Å²) in [6.07, 6.45) is 0. The molecule has 1 aromatic heterocycles. The summed E-state index contributed by atoms with van der Waals surface area (Å²) in [6.45, 7) is 1.68. The Hall–Kier alpha value is -1.65. The summed E-state index contributed by atoms with van der Waals surface area (Å²) in [7, 11) is -4.05. The quantitative estimate of drug-likeness (QED) is 0.822. The number of nitrogens with zero attached hydrogens (tertiary/aromatic N) is 2. The first kappa shape index (κ1) is 14.8. The lowest BCUT2D eigenvalue weighted by atomic mass is 10.2. The van der Waals surface area contributed by atoms with Crippen molar-refractivity contribution in [1.82, 2.24) is 10.2 Å². The third kappa shape index (κ3) is 2.92. The second kappa shape index (κ2) is 5.38. The highest BCUT2D eigenvalue weighted by Gasteiger charge is 2.23. The fourth-order valence-electron chi connectivity index (χ4n) is 1.48. The summed E-state index contributed by atoms with van der Waals surface area (Å²) in [5, 5.41) is 8.01. The molecular formula is C10H9FN4O2S3. The summed E-state index contributed by atoms with van der Waals surface area (Å²) in [6, 6.07) is 3.56. The van der Waals surface area contributed by atoms with Crippen molar-refractivity contribution in [3.05, 3.63) is 34.6 Å². The molecule has 0 spiro atoms. The second-order valence-electron chi connectivity index (χ2n) is 3.71. The van der Waals surface area contributed by atoms with E-state index in [4.69, 9.17) is 18.0 Å². The topological polar surface area (TPSA) is 98.0 Å². The van der Waals surface area contributed by atoms with Crippen molar-refractivity contribution >= 4 is 43.7 Å². The summed E-state index contributed by atoms with van der Waals surface area (Å²) in [5.41, 5.74) is 5.06. The first-order chi connectivity index (χ1) is 9.31. The number of hydrogen-bond acceptors (Lipinski definition) is 6. The van der Waals surface area contributed by atoms with E-state index < -0.39 is 15.8 Å². The molecule has 20 heavy (non-hydrogen) atoms. The van der Waals surface area contributed by atoms with Gasteiger partial charge in [0, 0.05) is 0 Å². The van der Waals surface area contributed by atoms with Crippen LogP contribution in [0, 0.1) is 12.7 Å². The van der Waals surface area contributed by atoms with E-state index in [-0.39, 0.29) is 20.6 Å². The van der Waals surface area contributed by atoms with Gasteiger partial charge in [-0.2, -0.15) is 0 Å². The van der Waals surface area contributed by atoms with Gasteiger partial charge in [0.2, 0.25) is 5.13 Å². The van der Waals surface area contributed by atoms with Crippen LogP contribution >= 0.6 is 23.6 Å². The summed E-state index contributed by atoms with van der Waals surface area (Å²) in [5.74, 6) is -0.797. The molecule has 0 fully saturated rings. The molecule has 0 saturated heterocycles. The van der Waals surface area contributed by atoms with Crippen LogP contribution in [0.25, 0.3) is 0 Å². The van der Waals surface area contributed by atoms with Gasteiger partial charge in [-0.1, -0.05) is 29.6 Å². The molecule has 0 aliphatic carbocycles. The van der Waals surface area contributed by atoms with E-state index >= 15 is 0 Å². The van der Waals surface area contributed by atoms with Crippen LogP contribution in [0.15, 0.2) is 23.1 Å². The first-order valence-electron chi connectivity index (χ1n) is 5.22. The molecule has 0 aliphatic heterocycles. The molecule has 0 unspecified atom stereocenters. The minimum Gasteiger partial charge on any atom is -0.389 e. The fraction of sp³-hybridized carbons (Fsp3) is 0.100. The van der Waals surface area contributed by atoms with Crippen molar-refractivity contribution in [2.75, 3.05) is 4.72 Å². The zero-order valence-electron chi connectivity index (χ0n) is 10.1. The van der Waals surface area contributed by atoms with Crippen LogP contribution in [0.2, 0.25) is 0 Å². The maximum absolute atomic E-state index is 13.7. The number of rotatable bonds is 4. The van der Waals surface area contributed by atoms with Crippen molar-refractivity contribution < 1.29 is 12.8 Å². The number of sulfonamides is 1. The lowest BCUT2D eigenvalue weighted by Crippen LogP contribution is -2.21. The molecule has 0 bridgehead atoms. The van der Waals surface area contributed by atoms with Crippen LogP contribution in [0.4, 0.5) is 9.52 Å². The van der Waals surface area contributed by atoms with E-state index in [0.29, 0.717) is 5.01 Å². The Morgan fingerprint density at radius 2 is 2.15 bits per heavy atom. The molecule has 0 saturated carbocycles. The van der Waals surface area contributed by atoms with Crippen LogP contribution in [-0.4, -0.2) is 23.6 Å². The third-order valence-electron chi connectivity index (χ3n) is 2.26. The van der Waals surface area contributed by atoms with Crippen molar-refractivity contribution in [3.8, 4) is 0 Å². The van der Waals surface area contributed by atoms with E-state index in [9.17, 15) is 12.8 Å². The normalized spacial score (nSPS) is 11.3. The van der Waals surface area contributed by atoms with Crippen LogP contribution in [-0.2, 0) is 10.0 Å². The summed E-state index contributed by atoms with van der Waals surface area (Å²) >= 11 is 5.75. The molecule has 0 radical (unpaired) electrons. The maximum atomic E-state index is 13.7. The van der Waals surface area contributed by atoms with Crippen LogP contribution < -0.4 is 10.5 Å². The predicted octanol–water partition coefficient (Wildman–Crippen LogP) is 1.42. The van der Waals surface area contributed by atoms with Crippen molar-refractivity contribution in [2.45, 2.75) is 11.8 Å². The molecule has 106 valence electrons.